The Hall–Kier alpha value is -2.34. The summed E-state index contributed by atoms with van der Waals surface area (Å²) in [6, 6.07) is 16.7. The van der Waals surface area contributed by atoms with E-state index in [0.29, 0.717) is 12.1 Å². The monoisotopic (exact) mass is 459 g/mol. The number of nitrogen functional groups attached to an aromatic ring is 1. The van der Waals surface area contributed by atoms with Gasteiger partial charge in [-0.2, -0.15) is 0 Å². The normalized spacial score (nSPS) is 20.1. The predicted octanol–water partition coefficient (Wildman–Crippen LogP) is 3.95. The minimum Gasteiger partial charge on any atom is -0.399 e. The predicted molar refractivity (Wildman–Crippen MR) is 145 cm³/mol. The molecule has 0 radical (unpaired) electrons. The Morgan fingerprint density at radius 2 is 1.76 bits per heavy atom. The molecule has 5 nitrogen and oxygen atoms in total. The first-order chi connectivity index (χ1) is 16.5. The zero-order valence-electron chi connectivity index (χ0n) is 21.0. The molecule has 34 heavy (non-hydrogen) atoms. The molecule has 182 valence electrons. The van der Waals surface area contributed by atoms with Crippen LogP contribution in [-0.2, 0) is 6.42 Å². The quantitative estimate of drug-likeness (QED) is 0.614. The lowest BCUT2D eigenvalue weighted by Crippen LogP contribution is -2.51. The van der Waals surface area contributed by atoms with Crippen molar-refractivity contribution in [1.29, 1.82) is 0 Å². The summed E-state index contributed by atoms with van der Waals surface area (Å²) in [6.45, 7) is 14.0. The molecule has 2 aromatic rings. The van der Waals surface area contributed by atoms with Crippen molar-refractivity contribution in [2.75, 3.05) is 63.0 Å². The maximum Gasteiger partial charge on any atom is 0.0372 e. The molecule has 3 N–H and O–H groups in total. The van der Waals surface area contributed by atoms with Crippen LogP contribution in [0.4, 0.5) is 11.4 Å². The molecule has 2 heterocycles. The summed E-state index contributed by atoms with van der Waals surface area (Å²) in [5, 5.41) is 3.84. The van der Waals surface area contributed by atoms with Crippen molar-refractivity contribution in [3.63, 3.8) is 0 Å². The Morgan fingerprint density at radius 3 is 2.53 bits per heavy atom. The fourth-order valence-corrected chi connectivity index (χ4v) is 5.72. The van der Waals surface area contributed by atoms with Crippen LogP contribution in [0.3, 0.4) is 0 Å². The van der Waals surface area contributed by atoms with E-state index in [1.807, 2.05) is 6.07 Å². The first kappa shape index (κ1) is 23.4. The number of hydrogen-bond acceptors (Lipinski definition) is 5. The van der Waals surface area contributed by atoms with Crippen LogP contribution in [0.5, 0.6) is 0 Å². The van der Waals surface area contributed by atoms with Crippen LogP contribution in [0.25, 0.3) is 11.6 Å². The van der Waals surface area contributed by atoms with E-state index in [-0.39, 0.29) is 0 Å². The van der Waals surface area contributed by atoms with Gasteiger partial charge in [0.15, 0.2) is 0 Å². The third kappa shape index (κ3) is 5.48. The van der Waals surface area contributed by atoms with Gasteiger partial charge >= 0.3 is 0 Å². The van der Waals surface area contributed by atoms with E-state index >= 15 is 0 Å². The van der Waals surface area contributed by atoms with Gasteiger partial charge in [0.25, 0.3) is 0 Å². The SMILES string of the molecule is CC(C)N1CCN(CCNC2CCN(c3cccc(C4=Cc5ccc(N)cc5C4)c3)CC2)CC1. The number of allylic oxidation sites excluding steroid dienone is 1. The molecule has 0 amide bonds. The largest absolute Gasteiger partial charge is 0.399 e. The number of piperazine rings is 1. The number of hydrogen-bond donors (Lipinski definition) is 2. The number of anilines is 2. The van der Waals surface area contributed by atoms with Crippen molar-refractivity contribution in [2.24, 2.45) is 0 Å². The molecule has 0 saturated carbocycles. The molecule has 2 saturated heterocycles. The molecule has 5 rings (SSSR count). The minimum absolute atomic E-state index is 0.647. The van der Waals surface area contributed by atoms with Crippen LogP contribution < -0.4 is 16.0 Å². The van der Waals surface area contributed by atoms with E-state index in [9.17, 15) is 0 Å². The van der Waals surface area contributed by atoms with Gasteiger partial charge in [-0.3, -0.25) is 9.80 Å². The molecule has 0 spiro atoms. The smallest absolute Gasteiger partial charge is 0.0372 e. The third-order valence-corrected chi connectivity index (χ3v) is 7.95. The molecular formula is C29H41N5. The molecule has 0 aromatic heterocycles. The summed E-state index contributed by atoms with van der Waals surface area (Å²) in [4.78, 5) is 7.77. The fraction of sp³-hybridized carbons (Fsp3) is 0.517. The number of benzene rings is 2. The summed E-state index contributed by atoms with van der Waals surface area (Å²) in [5.41, 5.74) is 13.6. The van der Waals surface area contributed by atoms with Gasteiger partial charge in [0.05, 0.1) is 0 Å². The standard InChI is InChI=1S/C29H41N5/c1-22(2)33-16-14-32(15-17-33)13-10-31-28-8-11-34(12-9-28)29-5-3-4-23(21-29)25-18-24-6-7-27(30)20-26(24)19-25/h3-7,18,20-22,28,31H,8-17,19,30H2,1-2H3. The molecule has 0 atom stereocenters. The number of fused-ring (bicyclic) bond motifs is 1. The second kappa shape index (κ2) is 10.5. The molecule has 1 aliphatic carbocycles. The zero-order valence-corrected chi connectivity index (χ0v) is 21.0. The number of piperidine rings is 1. The van der Waals surface area contributed by atoms with Crippen LogP contribution in [-0.4, -0.2) is 74.2 Å². The fourth-order valence-electron chi connectivity index (χ4n) is 5.72. The zero-order chi connectivity index (χ0) is 23.5. The number of nitrogens with one attached hydrogen (secondary N) is 1. The second-order valence-electron chi connectivity index (χ2n) is 10.5. The van der Waals surface area contributed by atoms with Crippen molar-refractivity contribution in [1.82, 2.24) is 15.1 Å². The summed E-state index contributed by atoms with van der Waals surface area (Å²) in [6.07, 6.45) is 5.74. The number of nitrogens with zero attached hydrogens (tertiary/aromatic N) is 3. The molecule has 5 heteroatoms. The van der Waals surface area contributed by atoms with E-state index in [4.69, 9.17) is 5.73 Å². The van der Waals surface area contributed by atoms with Gasteiger partial charge in [-0.1, -0.05) is 24.3 Å². The summed E-state index contributed by atoms with van der Waals surface area (Å²) in [5.74, 6) is 0. The van der Waals surface area contributed by atoms with Gasteiger partial charge in [0.2, 0.25) is 0 Å². The number of nitrogens with two attached hydrogens (primary N) is 1. The molecule has 3 aliphatic rings. The highest BCUT2D eigenvalue weighted by molar-refractivity contribution is 5.89. The van der Waals surface area contributed by atoms with E-state index in [1.165, 1.54) is 73.5 Å². The lowest BCUT2D eigenvalue weighted by Gasteiger charge is -2.37. The van der Waals surface area contributed by atoms with E-state index in [0.717, 1.165) is 31.7 Å². The first-order valence-electron chi connectivity index (χ1n) is 13.2. The Bertz CT molecular complexity index is 997. The highest BCUT2D eigenvalue weighted by atomic mass is 15.3. The highest BCUT2D eigenvalue weighted by Gasteiger charge is 2.22. The molecule has 2 aromatic carbocycles. The van der Waals surface area contributed by atoms with Crippen LogP contribution in [0.2, 0.25) is 0 Å². The van der Waals surface area contributed by atoms with Gasteiger partial charge in [0, 0.05) is 75.8 Å². The molecule has 2 fully saturated rings. The maximum absolute atomic E-state index is 5.99. The van der Waals surface area contributed by atoms with Crippen LogP contribution in [0.15, 0.2) is 42.5 Å². The van der Waals surface area contributed by atoms with E-state index in [1.54, 1.807) is 0 Å². The van der Waals surface area contributed by atoms with Crippen LogP contribution in [0.1, 0.15) is 43.4 Å². The van der Waals surface area contributed by atoms with Gasteiger partial charge in [0.1, 0.15) is 0 Å². The second-order valence-corrected chi connectivity index (χ2v) is 10.5. The first-order valence-corrected chi connectivity index (χ1v) is 13.2. The van der Waals surface area contributed by atoms with E-state index in [2.05, 4.69) is 76.3 Å². The highest BCUT2D eigenvalue weighted by Crippen LogP contribution is 2.34. The lowest BCUT2D eigenvalue weighted by molar-refractivity contribution is 0.108. The third-order valence-electron chi connectivity index (χ3n) is 7.95. The molecule has 0 bridgehead atoms. The van der Waals surface area contributed by atoms with Gasteiger partial charge in [-0.15, -0.1) is 0 Å². The van der Waals surface area contributed by atoms with Crippen molar-refractivity contribution in [2.45, 2.75) is 45.2 Å². The molecule has 2 aliphatic heterocycles. The van der Waals surface area contributed by atoms with Crippen molar-refractivity contribution < 1.29 is 0 Å². The minimum atomic E-state index is 0.647. The average molecular weight is 460 g/mol. The Morgan fingerprint density at radius 1 is 0.971 bits per heavy atom. The molecule has 0 unspecified atom stereocenters. The van der Waals surface area contributed by atoms with Crippen LogP contribution >= 0.6 is 0 Å². The summed E-state index contributed by atoms with van der Waals surface area (Å²) >= 11 is 0. The van der Waals surface area contributed by atoms with Crippen molar-refractivity contribution in [3.8, 4) is 0 Å². The average Bonchev–Trinajstić information content (AvgIpc) is 3.28. The van der Waals surface area contributed by atoms with Gasteiger partial charge in [-0.25, -0.2) is 0 Å². The molecular weight excluding hydrogens is 418 g/mol. The van der Waals surface area contributed by atoms with Crippen molar-refractivity contribution in [3.05, 3.63) is 59.2 Å². The van der Waals surface area contributed by atoms with Gasteiger partial charge in [-0.05, 0) is 79.6 Å². The Kier molecular flexibility index (Phi) is 7.23. The Balaban J connectivity index is 1.08. The van der Waals surface area contributed by atoms with Crippen molar-refractivity contribution >= 4 is 23.0 Å². The summed E-state index contributed by atoms with van der Waals surface area (Å²) in [7, 11) is 0. The van der Waals surface area contributed by atoms with Crippen LogP contribution in [0, 0.1) is 0 Å². The number of rotatable bonds is 7. The van der Waals surface area contributed by atoms with Gasteiger partial charge < -0.3 is 16.0 Å². The lowest BCUT2D eigenvalue weighted by atomic mass is 10.0. The summed E-state index contributed by atoms with van der Waals surface area (Å²) < 4.78 is 0. The topological polar surface area (TPSA) is 47.8 Å². The van der Waals surface area contributed by atoms with E-state index < -0.39 is 0 Å². The Labute approximate surface area is 205 Å². The maximum atomic E-state index is 5.99.